The van der Waals surface area contributed by atoms with Crippen LogP contribution < -0.4 is 5.32 Å². The third-order valence-corrected chi connectivity index (χ3v) is 3.69. The van der Waals surface area contributed by atoms with Crippen LogP contribution in [0.25, 0.3) is 0 Å². The van der Waals surface area contributed by atoms with E-state index in [4.69, 9.17) is 27.6 Å². The Morgan fingerprint density at radius 2 is 1.95 bits per heavy atom. The van der Waals surface area contributed by atoms with E-state index in [1.165, 1.54) is 6.92 Å². The first-order valence-corrected chi connectivity index (χ1v) is 6.49. The Morgan fingerprint density at radius 3 is 2.53 bits per heavy atom. The fourth-order valence-corrected chi connectivity index (χ4v) is 2.36. The summed E-state index contributed by atoms with van der Waals surface area (Å²) in [6.45, 7) is 5.10. The second kappa shape index (κ2) is 5.27. The first kappa shape index (κ1) is 14.0. The fourth-order valence-electron chi connectivity index (χ4n) is 2.01. The molecule has 5 heteroatoms. The average Bonchev–Trinajstić information content (AvgIpc) is 2.60. The monoisotopic (exact) mass is 297 g/mol. The maximum Gasteiger partial charge on any atom is 0.201 e. The molecule has 1 N–H and O–H groups in total. The number of nitrogens with one attached hydrogen (secondary N) is 1. The highest BCUT2D eigenvalue weighted by atomic mass is 35.5. The Bertz CT molecular complexity index is 647. The molecule has 1 aromatic carbocycles. The summed E-state index contributed by atoms with van der Waals surface area (Å²) >= 11 is 12.1. The van der Waals surface area contributed by atoms with Crippen LogP contribution in [0.2, 0.25) is 10.0 Å². The number of aryl methyl sites for hydroxylation is 1. The van der Waals surface area contributed by atoms with Gasteiger partial charge >= 0.3 is 0 Å². The predicted molar refractivity (Wildman–Crippen MR) is 77.9 cm³/mol. The maximum absolute atomic E-state index is 11.5. The molecule has 0 unspecified atom stereocenters. The van der Waals surface area contributed by atoms with Crippen LogP contribution in [-0.2, 0) is 0 Å². The highest BCUT2D eigenvalue weighted by molar-refractivity contribution is 6.43. The highest BCUT2D eigenvalue weighted by Gasteiger charge is 2.18. The van der Waals surface area contributed by atoms with E-state index in [2.05, 4.69) is 5.32 Å². The van der Waals surface area contributed by atoms with Crippen molar-refractivity contribution in [1.29, 1.82) is 0 Å². The van der Waals surface area contributed by atoms with E-state index in [-0.39, 0.29) is 5.78 Å². The van der Waals surface area contributed by atoms with Gasteiger partial charge in [0.2, 0.25) is 5.88 Å². The van der Waals surface area contributed by atoms with Crippen LogP contribution in [0.1, 0.15) is 28.6 Å². The standard InChI is InChI=1S/C14H13Cl2NO2/c1-7-12(8(2)18)9(3)19-14(7)17-11-6-4-5-10(15)13(11)16/h4-6,17H,1-3H3. The molecule has 100 valence electrons. The molecule has 1 aromatic heterocycles. The fraction of sp³-hybridized carbons (Fsp3) is 0.214. The first-order chi connectivity index (χ1) is 8.91. The zero-order valence-electron chi connectivity index (χ0n) is 10.8. The molecule has 0 radical (unpaired) electrons. The van der Waals surface area contributed by atoms with Crippen molar-refractivity contribution >= 4 is 40.6 Å². The summed E-state index contributed by atoms with van der Waals surface area (Å²) in [4.78, 5) is 11.5. The second-order valence-electron chi connectivity index (χ2n) is 4.27. The Hall–Kier alpha value is -1.45. The summed E-state index contributed by atoms with van der Waals surface area (Å²) in [5.41, 5.74) is 2.00. The van der Waals surface area contributed by atoms with Gasteiger partial charge in [-0.1, -0.05) is 29.3 Å². The Kier molecular flexibility index (Phi) is 3.88. The molecule has 0 saturated carbocycles. The Labute approximate surface area is 121 Å². The summed E-state index contributed by atoms with van der Waals surface area (Å²) < 4.78 is 5.57. The molecular weight excluding hydrogens is 285 g/mol. The second-order valence-corrected chi connectivity index (χ2v) is 5.06. The van der Waals surface area contributed by atoms with Gasteiger partial charge < -0.3 is 9.73 Å². The van der Waals surface area contributed by atoms with Gasteiger partial charge in [-0.2, -0.15) is 0 Å². The number of hydrogen-bond acceptors (Lipinski definition) is 3. The van der Waals surface area contributed by atoms with Crippen molar-refractivity contribution in [2.45, 2.75) is 20.8 Å². The number of Topliss-reactive ketones (excluding diaryl/α,β-unsaturated/α-hetero) is 1. The Balaban J connectivity index is 2.42. The molecule has 0 saturated heterocycles. The van der Waals surface area contributed by atoms with Gasteiger partial charge in [0, 0.05) is 5.56 Å². The number of furan rings is 1. The van der Waals surface area contributed by atoms with Crippen LogP contribution in [0, 0.1) is 13.8 Å². The number of benzene rings is 1. The van der Waals surface area contributed by atoms with E-state index in [1.807, 2.05) is 6.92 Å². The van der Waals surface area contributed by atoms with E-state index < -0.39 is 0 Å². The minimum atomic E-state index is -0.0241. The third-order valence-electron chi connectivity index (χ3n) is 2.87. The third kappa shape index (κ3) is 2.62. The molecule has 0 aliphatic heterocycles. The smallest absolute Gasteiger partial charge is 0.201 e. The topological polar surface area (TPSA) is 42.2 Å². The number of rotatable bonds is 3. The zero-order chi connectivity index (χ0) is 14.2. The largest absolute Gasteiger partial charge is 0.445 e. The van der Waals surface area contributed by atoms with E-state index in [9.17, 15) is 4.79 Å². The molecule has 1 heterocycles. The molecule has 0 bridgehead atoms. The van der Waals surface area contributed by atoms with Gasteiger partial charge in [0.1, 0.15) is 5.76 Å². The zero-order valence-corrected chi connectivity index (χ0v) is 12.3. The number of carbonyl (C=O) groups excluding carboxylic acids is 1. The molecule has 3 nitrogen and oxygen atoms in total. The summed E-state index contributed by atoms with van der Waals surface area (Å²) in [6.07, 6.45) is 0. The quantitative estimate of drug-likeness (QED) is 0.797. The lowest BCUT2D eigenvalue weighted by Gasteiger charge is -2.07. The van der Waals surface area contributed by atoms with Crippen molar-refractivity contribution in [3.63, 3.8) is 0 Å². The number of ketones is 1. The van der Waals surface area contributed by atoms with Gasteiger partial charge in [0.05, 0.1) is 21.3 Å². The van der Waals surface area contributed by atoms with Crippen molar-refractivity contribution in [2.24, 2.45) is 0 Å². The van der Waals surface area contributed by atoms with Gasteiger partial charge in [-0.25, -0.2) is 0 Å². The molecule has 0 spiro atoms. The van der Waals surface area contributed by atoms with Crippen LogP contribution >= 0.6 is 23.2 Å². The van der Waals surface area contributed by atoms with Crippen molar-refractivity contribution in [3.8, 4) is 0 Å². The van der Waals surface area contributed by atoms with Crippen LogP contribution in [0.15, 0.2) is 22.6 Å². The number of hydrogen-bond donors (Lipinski definition) is 1. The van der Waals surface area contributed by atoms with Gasteiger partial charge in [-0.3, -0.25) is 4.79 Å². The Morgan fingerprint density at radius 1 is 1.26 bits per heavy atom. The molecule has 2 aromatic rings. The molecule has 0 atom stereocenters. The summed E-state index contributed by atoms with van der Waals surface area (Å²) in [5, 5.41) is 3.94. The van der Waals surface area contributed by atoms with E-state index in [0.717, 1.165) is 5.56 Å². The molecular formula is C14H13Cl2NO2. The minimum absolute atomic E-state index is 0.0241. The van der Waals surface area contributed by atoms with Gasteiger partial charge in [-0.15, -0.1) is 0 Å². The van der Waals surface area contributed by atoms with Crippen LogP contribution in [-0.4, -0.2) is 5.78 Å². The molecule has 2 rings (SSSR count). The van der Waals surface area contributed by atoms with Gasteiger partial charge in [0.25, 0.3) is 0 Å². The van der Waals surface area contributed by atoms with Crippen LogP contribution in [0.4, 0.5) is 11.6 Å². The molecule has 0 aliphatic carbocycles. The van der Waals surface area contributed by atoms with Crippen molar-refractivity contribution in [3.05, 3.63) is 45.1 Å². The number of anilines is 2. The summed E-state index contributed by atoms with van der Waals surface area (Å²) in [5.74, 6) is 1.07. The highest BCUT2D eigenvalue weighted by Crippen LogP contribution is 2.34. The van der Waals surface area contributed by atoms with Crippen molar-refractivity contribution in [2.75, 3.05) is 5.32 Å². The lowest BCUT2D eigenvalue weighted by Crippen LogP contribution is -1.96. The van der Waals surface area contributed by atoms with E-state index in [0.29, 0.717) is 32.9 Å². The number of halogens is 2. The molecule has 0 amide bonds. The number of carbonyl (C=O) groups is 1. The lowest BCUT2D eigenvalue weighted by molar-refractivity contribution is 0.101. The SMILES string of the molecule is CC(=O)c1c(C)oc(Nc2cccc(Cl)c2Cl)c1C. The van der Waals surface area contributed by atoms with Crippen LogP contribution in [0.5, 0.6) is 0 Å². The minimum Gasteiger partial charge on any atom is -0.445 e. The van der Waals surface area contributed by atoms with Gasteiger partial charge in [-0.05, 0) is 32.9 Å². The van der Waals surface area contributed by atoms with E-state index >= 15 is 0 Å². The van der Waals surface area contributed by atoms with E-state index in [1.54, 1.807) is 25.1 Å². The molecule has 0 aliphatic rings. The van der Waals surface area contributed by atoms with Crippen molar-refractivity contribution < 1.29 is 9.21 Å². The average molecular weight is 298 g/mol. The predicted octanol–water partition coefficient (Wildman–Crippen LogP) is 5.15. The molecule has 0 fully saturated rings. The summed E-state index contributed by atoms with van der Waals surface area (Å²) in [6, 6.07) is 5.28. The van der Waals surface area contributed by atoms with Crippen molar-refractivity contribution in [1.82, 2.24) is 0 Å². The summed E-state index contributed by atoms with van der Waals surface area (Å²) in [7, 11) is 0. The van der Waals surface area contributed by atoms with Gasteiger partial charge in [0.15, 0.2) is 5.78 Å². The normalized spacial score (nSPS) is 10.6. The maximum atomic E-state index is 11.5. The lowest BCUT2D eigenvalue weighted by atomic mass is 10.1. The van der Waals surface area contributed by atoms with Crippen LogP contribution in [0.3, 0.4) is 0 Å². The first-order valence-electron chi connectivity index (χ1n) is 5.73. The molecule has 19 heavy (non-hydrogen) atoms.